The molecule has 18 heavy (non-hydrogen) atoms. The highest BCUT2D eigenvalue weighted by Gasteiger charge is 2.52. The lowest BCUT2D eigenvalue weighted by Gasteiger charge is -2.20. The number of alkyl halides is 9. The number of ether oxygens (including phenoxy) is 1. The third kappa shape index (κ3) is 6.48. The second-order valence-electron chi connectivity index (χ2n) is 2.40. The molecule has 108 valence electrons. The van der Waals surface area contributed by atoms with Gasteiger partial charge in [-0.05, 0) is 0 Å². The zero-order valence-corrected chi connectivity index (χ0v) is 7.61. The van der Waals surface area contributed by atoms with Crippen LogP contribution in [-0.4, -0.2) is 31.0 Å². The van der Waals surface area contributed by atoms with Crippen LogP contribution in [0.2, 0.25) is 0 Å². The van der Waals surface area contributed by atoms with Crippen LogP contribution in [0.15, 0.2) is 0 Å². The Morgan fingerprint density at radius 1 is 0.889 bits per heavy atom. The number of carbonyl (C=O) groups is 1. The fourth-order valence-electron chi connectivity index (χ4n) is 0.397. The maximum Gasteiger partial charge on any atom is 0.525 e. The summed E-state index contributed by atoms with van der Waals surface area (Å²) in [6.45, 7) is 0. The molecule has 0 N–H and O–H groups in total. The zero-order chi connectivity index (χ0) is 14.8. The first-order chi connectivity index (χ1) is 7.73. The largest absolute Gasteiger partial charge is 0.525 e. The van der Waals surface area contributed by atoms with Crippen LogP contribution in [0.1, 0.15) is 0 Å². The van der Waals surface area contributed by atoms with E-state index in [1.165, 1.54) is 0 Å². The lowest BCUT2D eigenvalue weighted by molar-refractivity contribution is -0.484. The molecule has 0 amide bonds. The summed E-state index contributed by atoms with van der Waals surface area (Å²) in [6, 6.07) is 0. The van der Waals surface area contributed by atoms with Gasteiger partial charge in [-0.1, -0.05) is 0 Å². The number of carbonyl (C=O) groups excluding carboxylic acids is 1. The molecule has 13 heteroatoms. The maximum atomic E-state index is 11.8. The second kappa shape index (κ2) is 5.17. The van der Waals surface area contributed by atoms with Crippen molar-refractivity contribution < 1.29 is 58.8 Å². The third-order valence-electron chi connectivity index (χ3n) is 0.951. The van der Waals surface area contributed by atoms with Crippen molar-refractivity contribution in [2.75, 3.05) is 0 Å². The molecule has 0 aromatic carbocycles. The summed E-state index contributed by atoms with van der Waals surface area (Å²) in [6.07, 6.45) is -21.7. The molecular formula is C5HF9O4. The molecule has 0 saturated carbocycles. The minimum absolute atomic E-state index is 2.27. The van der Waals surface area contributed by atoms with Gasteiger partial charge in [0, 0.05) is 0 Å². The Morgan fingerprint density at radius 3 is 1.61 bits per heavy atom. The molecule has 0 aliphatic carbocycles. The fourth-order valence-corrected chi connectivity index (χ4v) is 0.397. The van der Waals surface area contributed by atoms with E-state index in [4.69, 9.17) is 0 Å². The smallest absolute Gasteiger partial charge is 0.285 e. The molecule has 0 saturated heterocycles. The van der Waals surface area contributed by atoms with Crippen LogP contribution >= 0.6 is 0 Å². The van der Waals surface area contributed by atoms with Crippen molar-refractivity contribution in [2.24, 2.45) is 0 Å². The molecule has 0 fully saturated rings. The van der Waals surface area contributed by atoms with Gasteiger partial charge < -0.3 is 0 Å². The first-order valence-electron chi connectivity index (χ1n) is 3.49. The standard InChI is InChI=1S/C5HF9O4/c6-3(7,8)1(15)17-18-2(4(9,10)11)16-5(12,13)14/h2H. The van der Waals surface area contributed by atoms with E-state index >= 15 is 0 Å². The predicted molar refractivity (Wildman–Crippen MR) is 30.2 cm³/mol. The highest BCUT2D eigenvalue weighted by atomic mass is 19.4. The summed E-state index contributed by atoms with van der Waals surface area (Å²) < 4.78 is 106. The van der Waals surface area contributed by atoms with Crippen molar-refractivity contribution in [1.29, 1.82) is 0 Å². The summed E-state index contributed by atoms with van der Waals surface area (Å²) in [5.41, 5.74) is 0. The molecular weight excluding hydrogens is 295 g/mol. The van der Waals surface area contributed by atoms with Crippen molar-refractivity contribution in [2.45, 2.75) is 25.0 Å². The molecule has 0 bridgehead atoms. The van der Waals surface area contributed by atoms with Crippen molar-refractivity contribution in [3.8, 4) is 0 Å². The van der Waals surface area contributed by atoms with Crippen LogP contribution in [0, 0.1) is 0 Å². The molecule has 0 aliphatic rings. The molecule has 0 aromatic rings. The molecule has 1 atom stereocenters. The van der Waals surface area contributed by atoms with Crippen LogP contribution in [0.25, 0.3) is 0 Å². The number of rotatable bonds is 3. The lowest BCUT2D eigenvalue weighted by Crippen LogP contribution is -2.40. The summed E-state index contributed by atoms with van der Waals surface area (Å²) in [5, 5.41) is 0. The molecule has 0 spiro atoms. The molecule has 0 rings (SSSR count). The van der Waals surface area contributed by atoms with Gasteiger partial charge >= 0.3 is 31.0 Å². The van der Waals surface area contributed by atoms with Crippen molar-refractivity contribution in [3.63, 3.8) is 0 Å². The maximum absolute atomic E-state index is 11.8. The minimum Gasteiger partial charge on any atom is -0.285 e. The minimum atomic E-state index is -5.87. The molecule has 1 unspecified atom stereocenters. The molecule has 0 aromatic heterocycles. The fraction of sp³-hybridized carbons (Fsp3) is 0.800. The van der Waals surface area contributed by atoms with Gasteiger partial charge in [-0.25, -0.2) is 9.53 Å². The van der Waals surface area contributed by atoms with Crippen LogP contribution < -0.4 is 0 Å². The Hall–Kier alpha value is -1.24. The number of hydrogen-bond donors (Lipinski definition) is 0. The highest BCUT2D eigenvalue weighted by molar-refractivity contribution is 5.74. The molecule has 0 heterocycles. The average molecular weight is 296 g/mol. The van der Waals surface area contributed by atoms with Gasteiger partial charge in [0.25, 0.3) is 0 Å². The summed E-state index contributed by atoms with van der Waals surface area (Å²) in [4.78, 5) is 15.1. The molecule has 4 nitrogen and oxygen atoms in total. The van der Waals surface area contributed by atoms with Gasteiger partial charge in [-0.3, -0.25) is 4.89 Å². The zero-order valence-electron chi connectivity index (χ0n) is 7.61. The summed E-state index contributed by atoms with van der Waals surface area (Å²) in [7, 11) is 0. The van der Waals surface area contributed by atoms with E-state index in [0.717, 1.165) is 0 Å². The quantitative estimate of drug-likeness (QED) is 0.347. The Balaban J connectivity index is 4.60. The van der Waals surface area contributed by atoms with Gasteiger partial charge in [-0.2, -0.15) is 26.3 Å². The van der Waals surface area contributed by atoms with Gasteiger partial charge in [0.1, 0.15) is 0 Å². The van der Waals surface area contributed by atoms with E-state index in [9.17, 15) is 44.3 Å². The van der Waals surface area contributed by atoms with Gasteiger partial charge in [-0.15, -0.1) is 18.1 Å². The van der Waals surface area contributed by atoms with Crippen molar-refractivity contribution in [1.82, 2.24) is 0 Å². The first-order valence-corrected chi connectivity index (χ1v) is 3.49. The predicted octanol–water partition coefficient (Wildman–Crippen LogP) is 2.45. The normalized spacial score (nSPS) is 15.4. The summed E-state index contributed by atoms with van der Waals surface area (Å²) in [5.74, 6) is -3.28. The Morgan fingerprint density at radius 2 is 1.33 bits per heavy atom. The lowest BCUT2D eigenvalue weighted by atomic mass is 10.6. The van der Waals surface area contributed by atoms with Crippen LogP contribution in [-0.2, 0) is 19.3 Å². The average Bonchev–Trinajstić information content (AvgIpc) is 2.06. The Labute approximate surface area is 91.1 Å². The van der Waals surface area contributed by atoms with E-state index < -0.39 is 31.0 Å². The Bertz CT molecular complexity index is 289. The summed E-state index contributed by atoms with van der Waals surface area (Å²) >= 11 is 0. The molecule has 0 radical (unpaired) electrons. The number of halogens is 9. The number of hydrogen-bond acceptors (Lipinski definition) is 4. The highest BCUT2D eigenvalue weighted by Crippen LogP contribution is 2.30. The Kier molecular flexibility index (Phi) is 4.82. The second-order valence-corrected chi connectivity index (χ2v) is 2.40. The van der Waals surface area contributed by atoms with Crippen molar-refractivity contribution >= 4 is 5.97 Å². The van der Waals surface area contributed by atoms with Crippen LogP contribution in [0.5, 0.6) is 0 Å². The van der Waals surface area contributed by atoms with Gasteiger partial charge in [0.05, 0.1) is 0 Å². The molecule has 0 aliphatic heterocycles. The van der Waals surface area contributed by atoms with E-state index in [1.54, 1.807) is 0 Å². The van der Waals surface area contributed by atoms with Gasteiger partial charge in [0.2, 0.25) is 0 Å². The SMILES string of the molecule is O=C(OOC(OC(F)(F)F)C(F)(F)F)C(F)(F)F. The first kappa shape index (κ1) is 16.8. The topological polar surface area (TPSA) is 44.8 Å². The van der Waals surface area contributed by atoms with E-state index in [0.29, 0.717) is 0 Å². The van der Waals surface area contributed by atoms with E-state index in [-0.39, 0.29) is 0 Å². The monoisotopic (exact) mass is 296 g/mol. The van der Waals surface area contributed by atoms with E-state index in [1.807, 2.05) is 0 Å². The van der Waals surface area contributed by atoms with Gasteiger partial charge in [0.15, 0.2) is 0 Å². The van der Waals surface area contributed by atoms with Crippen LogP contribution in [0.4, 0.5) is 39.5 Å². The third-order valence-corrected chi connectivity index (χ3v) is 0.951. The van der Waals surface area contributed by atoms with E-state index in [2.05, 4.69) is 14.5 Å². The van der Waals surface area contributed by atoms with Crippen molar-refractivity contribution in [3.05, 3.63) is 0 Å². The van der Waals surface area contributed by atoms with Crippen LogP contribution in [0.3, 0.4) is 0 Å².